The molecule has 0 unspecified atom stereocenters. The van der Waals surface area contributed by atoms with E-state index in [1.54, 1.807) is 14.2 Å². The van der Waals surface area contributed by atoms with Gasteiger partial charge in [-0.1, -0.05) is 30.3 Å². The largest absolute Gasteiger partial charge is 0.497 e. The SMILES string of the molecule is COc1ccc(CN(C)CCCNc2cc(-c3ccc(OC)cc3)nc3ccccc23)cc1. The van der Waals surface area contributed by atoms with Gasteiger partial charge in [0.05, 0.1) is 25.4 Å². The van der Waals surface area contributed by atoms with Crippen LogP contribution in [0.4, 0.5) is 5.69 Å². The van der Waals surface area contributed by atoms with Crippen molar-refractivity contribution in [1.29, 1.82) is 0 Å². The number of hydrogen-bond donors (Lipinski definition) is 1. The van der Waals surface area contributed by atoms with Gasteiger partial charge in [0.15, 0.2) is 0 Å². The molecule has 0 amide bonds. The first-order valence-electron chi connectivity index (χ1n) is 11.3. The predicted molar refractivity (Wildman–Crippen MR) is 136 cm³/mol. The lowest BCUT2D eigenvalue weighted by Crippen LogP contribution is -2.21. The summed E-state index contributed by atoms with van der Waals surface area (Å²) in [5, 5.41) is 4.79. The first-order chi connectivity index (χ1) is 16.2. The molecule has 1 N–H and O–H groups in total. The summed E-state index contributed by atoms with van der Waals surface area (Å²) in [4.78, 5) is 7.22. The highest BCUT2D eigenvalue weighted by Gasteiger charge is 2.08. The van der Waals surface area contributed by atoms with Crippen LogP contribution in [0.5, 0.6) is 11.5 Å². The first-order valence-corrected chi connectivity index (χ1v) is 11.3. The van der Waals surface area contributed by atoms with E-state index in [4.69, 9.17) is 14.5 Å². The topological polar surface area (TPSA) is 46.6 Å². The first kappa shape index (κ1) is 22.6. The lowest BCUT2D eigenvalue weighted by molar-refractivity contribution is 0.325. The maximum absolute atomic E-state index is 5.29. The Bertz CT molecular complexity index is 1170. The summed E-state index contributed by atoms with van der Waals surface area (Å²) in [5.41, 5.74) is 5.42. The Morgan fingerprint density at radius 2 is 1.52 bits per heavy atom. The Kier molecular flexibility index (Phi) is 7.43. The molecule has 170 valence electrons. The molecule has 4 aromatic rings. The van der Waals surface area contributed by atoms with Crippen LogP contribution in [-0.4, -0.2) is 44.2 Å². The van der Waals surface area contributed by atoms with Crippen molar-refractivity contribution >= 4 is 16.6 Å². The van der Waals surface area contributed by atoms with Crippen molar-refractivity contribution in [2.45, 2.75) is 13.0 Å². The van der Waals surface area contributed by atoms with Crippen molar-refractivity contribution < 1.29 is 9.47 Å². The van der Waals surface area contributed by atoms with Gasteiger partial charge < -0.3 is 19.7 Å². The number of anilines is 1. The molecular formula is C28H31N3O2. The minimum atomic E-state index is 0.844. The maximum atomic E-state index is 5.29. The molecule has 0 aliphatic rings. The lowest BCUT2D eigenvalue weighted by atomic mass is 10.1. The van der Waals surface area contributed by atoms with Crippen LogP contribution in [-0.2, 0) is 6.54 Å². The van der Waals surface area contributed by atoms with Gasteiger partial charge >= 0.3 is 0 Å². The minimum absolute atomic E-state index is 0.844. The highest BCUT2D eigenvalue weighted by atomic mass is 16.5. The minimum Gasteiger partial charge on any atom is -0.497 e. The fourth-order valence-electron chi connectivity index (χ4n) is 3.93. The van der Waals surface area contributed by atoms with Gasteiger partial charge in [-0.05, 0) is 74.1 Å². The Balaban J connectivity index is 1.40. The number of pyridine rings is 1. The highest BCUT2D eigenvalue weighted by molar-refractivity contribution is 5.93. The van der Waals surface area contributed by atoms with Crippen LogP contribution in [0, 0.1) is 0 Å². The van der Waals surface area contributed by atoms with Crippen LogP contribution in [0.25, 0.3) is 22.2 Å². The summed E-state index contributed by atoms with van der Waals surface area (Å²) in [5.74, 6) is 1.74. The Morgan fingerprint density at radius 3 is 2.21 bits per heavy atom. The van der Waals surface area contributed by atoms with Crippen LogP contribution in [0.15, 0.2) is 78.9 Å². The van der Waals surface area contributed by atoms with E-state index < -0.39 is 0 Å². The normalized spacial score (nSPS) is 11.0. The third kappa shape index (κ3) is 5.82. The van der Waals surface area contributed by atoms with Crippen LogP contribution >= 0.6 is 0 Å². The number of hydrogen-bond acceptors (Lipinski definition) is 5. The molecule has 5 nitrogen and oxygen atoms in total. The molecule has 0 saturated heterocycles. The van der Waals surface area contributed by atoms with Gasteiger partial charge in [-0.2, -0.15) is 0 Å². The monoisotopic (exact) mass is 441 g/mol. The van der Waals surface area contributed by atoms with E-state index in [0.717, 1.165) is 65.4 Å². The Morgan fingerprint density at radius 1 is 0.848 bits per heavy atom. The van der Waals surface area contributed by atoms with Gasteiger partial charge in [-0.25, -0.2) is 4.98 Å². The fraction of sp³-hybridized carbons (Fsp3) is 0.250. The van der Waals surface area contributed by atoms with Crippen LogP contribution < -0.4 is 14.8 Å². The van der Waals surface area contributed by atoms with Crippen molar-refractivity contribution in [2.24, 2.45) is 0 Å². The molecule has 4 rings (SSSR count). The van der Waals surface area contributed by atoms with E-state index >= 15 is 0 Å². The maximum Gasteiger partial charge on any atom is 0.118 e. The van der Waals surface area contributed by atoms with Crippen LogP contribution in [0.3, 0.4) is 0 Å². The molecular weight excluding hydrogens is 410 g/mol. The van der Waals surface area contributed by atoms with Crippen molar-refractivity contribution in [3.8, 4) is 22.8 Å². The molecule has 0 atom stereocenters. The zero-order valence-corrected chi connectivity index (χ0v) is 19.5. The summed E-state index contributed by atoms with van der Waals surface area (Å²) in [6, 6.07) is 26.7. The molecule has 1 aromatic heterocycles. The summed E-state index contributed by atoms with van der Waals surface area (Å²) in [6.45, 7) is 2.82. The lowest BCUT2D eigenvalue weighted by Gasteiger charge is -2.18. The predicted octanol–water partition coefficient (Wildman–Crippen LogP) is 5.85. The molecule has 0 bridgehead atoms. The van der Waals surface area contributed by atoms with Gasteiger partial charge in [0.1, 0.15) is 11.5 Å². The molecule has 0 spiro atoms. The van der Waals surface area contributed by atoms with E-state index in [9.17, 15) is 0 Å². The molecule has 0 radical (unpaired) electrons. The smallest absolute Gasteiger partial charge is 0.118 e. The van der Waals surface area contributed by atoms with E-state index in [1.165, 1.54) is 5.56 Å². The molecule has 1 heterocycles. The number of ether oxygens (including phenoxy) is 2. The van der Waals surface area contributed by atoms with Gasteiger partial charge in [-0.15, -0.1) is 0 Å². The number of nitrogens with one attached hydrogen (secondary N) is 1. The average Bonchev–Trinajstić information content (AvgIpc) is 2.87. The van der Waals surface area contributed by atoms with Gasteiger partial charge in [0.2, 0.25) is 0 Å². The molecule has 0 aliphatic carbocycles. The average molecular weight is 442 g/mol. The van der Waals surface area contributed by atoms with E-state index in [-0.39, 0.29) is 0 Å². The Hall–Kier alpha value is -3.57. The van der Waals surface area contributed by atoms with Crippen molar-refractivity contribution in [3.63, 3.8) is 0 Å². The van der Waals surface area contributed by atoms with Gasteiger partial charge in [0.25, 0.3) is 0 Å². The fourth-order valence-corrected chi connectivity index (χ4v) is 3.93. The number of rotatable bonds is 10. The summed E-state index contributed by atoms with van der Waals surface area (Å²) in [7, 11) is 5.54. The van der Waals surface area contributed by atoms with Crippen molar-refractivity contribution in [3.05, 3.63) is 84.4 Å². The quantitative estimate of drug-likeness (QED) is 0.313. The van der Waals surface area contributed by atoms with E-state index in [1.807, 2.05) is 42.5 Å². The van der Waals surface area contributed by atoms with Crippen molar-refractivity contribution in [2.75, 3.05) is 39.7 Å². The van der Waals surface area contributed by atoms with Gasteiger partial charge in [0, 0.05) is 29.7 Å². The second kappa shape index (κ2) is 10.8. The van der Waals surface area contributed by atoms with E-state index in [2.05, 4.69) is 53.7 Å². The van der Waals surface area contributed by atoms with Crippen molar-refractivity contribution in [1.82, 2.24) is 9.88 Å². The zero-order chi connectivity index (χ0) is 23.0. The summed E-state index contributed by atoms with van der Waals surface area (Å²) in [6.07, 6.45) is 1.04. The number of aromatic nitrogens is 1. The second-order valence-corrected chi connectivity index (χ2v) is 8.17. The van der Waals surface area contributed by atoms with Crippen LogP contribution in [0.2, 0.25) is 0 Å². The third-order valence-corrected chi connectivity index (χ3v) is 5.75. The number of para-hydroxylation sites is 1. The molecule has 3 aromatic carbocycles. The van der Waals surface area contributed by atoms with E-state index in [0.29, 0.717) is 0 Å². The summed E-state index contributed by atoms with van der Waals surface area (Å²) >= 11 is 0. The standard InChI is InChI=1S/C28H31N3O2/c1-31(20-21-9-13-23(32-2)14-10-21)18-6-17-29-28-19-27(22-11-15-24(33-3)16-12-22)30-26-8-5-4-7-25(26)28/h4-5,7-16,19H,6,17-18,20H2,1-3H3,(H,29,30). The number of nitrogens with zero attached hydrogens (tertiary/aromatic N) is 2. The summed E-state index contributed by atoms with van der Waals surface area (Å²) < 4.78 is 10.5. The number of fused-ring (bicyclic) bond motifs is 1. The number of benzene rings is 3. The highest BCUT2D eigenvalue weighted by Crippen LogP contribution is 2.29. The number of methoxy groups -OCH3 is 2. The molecule has 33 heavy (non-hydrogen) atoms. The molecule has 0 saturated carbocycles. The molecule has 0 fully saturated rings. The van der Waals surface area contributed by atoms with Gasteiger partial charge in [-0.3, -0.25) is 0 Å². The Labute approximate surface area is 196 Å². The third-order valence-electron chi connectivity index (χ3n) is 5.75. The second-order valence-electron chi connectivity index (χ2n) is 8.17. The van der Waals surface area contributed by atoms with Crippen LogP contribution in [0.1, 0.15) is 12.0 Å². The molecule has 5 heteroatoms. The molecule has 0 aliphatic heterocycles. The zero-order valence-electron chi connectivity index (χ0n) is 19.5.